The smallest absolute Gasteiger partial charge is 0.410 e. The Morgan fingerprint density at radius 1 is 1.02 bits per heavy atom. The molecule has 2 fully saturated rings. The number of hydrogen-bond donors (Lipinski definition) is 3. The van der Waals surface area contributed by atoms with Crippen molar-refractivity contribution < 1.29 is 42.7 Å². The third-order valence-corrected chi connectivity index (χ3v) is 10.5. The van der Waals surface area contributed by atoms with Gasteiger partial charge in [0.1, 0.15) is 35.1 Å². The Kier molecular flexibility index (Phi) is 11.2. The number of hydroxylamine groups is 1. The maximum atomic E-state index is 14.5. The molecule has 1 saturated heterocycles. The third-order valence-electron chi connectivity index (χ3n) is 10.5. The summed E-state index contributed by atoms with van der Waals surface area (Å²) in [7, 11) is 0. The van der Waals surface area contributed by atoms with Crippen LogP contribution in [0, 0.1) is 25.6 Å². The standard InChI is InChI=1S/C40H50FN5O8/c1-24-16-17-28(18-25(24)2)54-44-36(49)40-20-27(40)13-9-7-6-8-10-15-32(42-37(50)53-39(3,4)5)35(48)46-22-29(19-33(46)34(47)43-40)52-38(51)45-21-26-12-11-14-31(41)30(26)23-45/h9,11-14,16-18,27,29,32-33H,6-8,10,15,19-23H2,1-5H3,(H,42,50)(H,43,47)(H,44,49)/b13-9-/t27-,29-,32+,33+,40-/m1/s1. The van der Waals surface area contributed by atoms with Crippen molar-refractivity contribution in [3.05, 3.63) is 76.6 Å². The zero-order chi connectivity index (χ0) is 38.8. The summed E-state index contributed by atoms with van der Waals surface area (Å²) in [6, 6.07) is 7.91. The molecule has 1 aliphatic carbocycles. The quantitative estimate of drug-likeness (QED) is 0.277. The molecule has 0 bridgehead atoms. The average Bonchev–Trinajstić information content (AvgIpc) is 3.40. The predicted molar refractivity (Wildman–Crippen MR) is 195 cm³/mol. The van der Waals surface area contributed by atoms with Gasteiger partial charge in [0, 0.05) is 24.4 Å². The first kappa shape index (κ1) is 38.6. The summed E-state index contributed by atoms with van der Waals surface area (Å²) < 4.78 is 25.8. The predicted octanol–water partition coefficient (Wildman–Crippen LogP) is 5.26. The van der Waals surface area contributed by atoms with Crippen molar-refractivity contribution in [3.63, 3.8) is 0 Å². The van der Waals surface area contributed by atoms with Gasteiger partial charge in [-0.3, -0.25) is 19.3 Å². The van der Waals surface area contributed by atoms with Crippen molar-refractivity contribution in [1.29, 1.82) is 0 Å². The third kappa shape index (κ3) is 8.79. The van der Waals surface area contributed by atoms with Crippen molar-refractivity contribution in [2.45, 2.75) is 122 Å². The molecule has 3 N–H and O–H groups in total. The van der Waals surface area contributed by atoms with Crippen molar-refractivity contribution in [2.75, 3.05) is 6.54 Å². The number of rotatable bonds is 5. The van der Waals surface area contributed by atoms with E-state index in [2.05, 4.69) is 16.1 Å². The van der Waals surface area contributed by atoms with Crippen LogP contribution in [0.4, 0.5) is 14.0 Å². The minimum atomic E-state index is -1.35. The summed E-state index contributed by atoms with van der Waals surface area (Å²) in [4.78, 5) is 77.2. The minimum Gasteiger partial charge on any atom is -0.444 e. The minimum absolute atomic E-state index is 0.0266. The molecule has 0 aromatic heterocycles. The second-order valence-corrected chi connectivity index (χ2v) is 15.8. The van der Waals surface area contributed by atoms with E-state index in [0.717, 1.165) is 30.4 Å². The summed E-state index contributed by atoms with van der Waals surface area (Å²) >= 11 is 0. The van der Waals surface area contributed by atoms with Gasteiger partial charge in [-0.25, -0.2) is 14.0 Å². The van der Waals surface area contributed by atoms with E-state index in [4.69, 9.17) is 14.3 Å². The fraction of sp³-hybridized carbons (Fsp3) is 0.525. The van der Waals surface area contributed by atoms with E-state index in [0.29, 0.717) is 36.1 Å². The lowest BCUT2D eigenvalue weighted by molar-refractivity contribution is -0.142. The molecule has 3 heterocycles. The summed E-state index contributed by atoms with van der Waals surface area (Å²) in [5, 5.41) is 5.65. The summed E-state index contributed by atoms with van der Waals surface area (Å²) in [5.74, 6) is -1.99. The fourth-order valence-electron chi connectivity index (χ4n) is 7.32. The first-order valence-corrected chi connectivity index (χ1v) is 18.7. The number of carbonyl (C=O) groups excluding carboxylic acids is 5. The first-order valence-electron chi connectivity index (χ1n) is 18.7. The molecule has 0 unspecified atom stereocenters. The van der Waals surface area contributed by atoms with E-state index in [1.54, 1.807) is 45.0 Å². The average molecular weight is 748 g/mol. The number of alkyl carbamates (subject to hydrolysis) is 1. The van der Waals surface area contributed by atoms with Crippen LogP contribution in [0.25, 0.3) is 0 Å². The van der Waals surface area contributed by atoms with E-state index in [-0.39, 0.29) is 32.0 Å². The lowest BCUT2D eigenvalue weighted by Gasteiger charge is -2.30. The van der Waals surface area contributed by atoms with Gasteiger partial charge < -0.3 is 29.8 Å². The molecule has 3 aliphatic heterocycles. The lowest BCUT2D eigenvalue weighted by atomic mass is 10.0. The van der Waals surface area contributed by atoms with E-state index in [1.165, 1.54) is 15.9 Å². The van der Waals surface area contributed by atoms with Gasteiger partial charge in [-0.1, -0.05) is 43.2 Å². The number of amides is 5. The number of aryl methyl sites for hydroxylation is 2. The molecule has 13 nitrogen and oxygen atoms in total. The molecule has 5 atom stereocenters. The van der Waals surface area contributed by atoms with Crippen LogP contribution in [0.1, 0.15) is 88.0 Å². The van der Waals surface area contributed by atoms with Crippen LogP contribution in [0.3, 0.4) is 0 Å². The molecule has 54 heavy (non-hydrogen) atoms. The number of allylic oxidation sites excluding steroid dienone is 1. The Morgan fingerprint density at radius 2 is 1.81 bits per heavy atom. The number of nitrogens with one attached hydrogen (secondary N) is 3. The molecular formula is C40H50FN5O8. The normalized spacial score (nSPS) is 26.2. The van der Waals surface area contributed by atoms with Gasteiger partial charge in [-0.05, 0) is 95.2 Å². The fourth-order valence-corrected chi connectivity index (χ4v) is 7.32. The number of benzene rings is 2. The highest BCUT2D eigenvalue weighted by atomic mass is 19.1. The molecule has 5 amide bonds. The van der Waals surface area contributed by atoms with Crippen LogP contribution in [0.5, 0.6) is 5.75 Å². The molecule has 1 saturated carbocycles. The van der Waals surface area contributed by atoms with E-state index >= 15 is 0 Å². The Labute approximate surface area is 314 Å². The number of halogens is 1. The van der Waals surface area contributed by atoms with Crippen LogP contribution < -0.4 is 21.0 Å². The molecule has 0 radical (unpaired) electrons. The molecule has 6 rings (SSSR count). The Bertz CT molecular complexity index is 1830. The van der Waals surface area contributed by atoms with Crippen molar-refractivity contribution in [2.24, 2.45) is 5.92 Å². The van der Waals surface area contributed by atoms with E-state index in [9.17, 15) is 28.4 Å². The SMILES string of the molecule is Cc1ccc(ONC(=O)[C@@]23C[C@H]2/C=C\CCCCC[C@H](NC(=O)OC(C)(C)C)C(=O)N2C[C@H](OC(=O)N4Cc5cccc(F)c5C4)C[C@H]2C(=O)N3)cc1C. The van der Waals surface area contributed by atoms with Gasteiger partial charge in [-0.15, -0.1) is 0 Å². The molecule has 0 spiro atoms. The first-order chi connectivity index (χ1) is 25.6. The maximum absolute atomic E-state index is 14.5. The monoisotopic (exact) mass is 747 g/mol. The van der Waals surface area contributed by atoms with Crippen LogP contribution in [-0.4, -0.2) is 75.6 Å². The second kappa shape index (κ2) is 15.7. The topological polar surface area (TPSA) is 156 Å². The zero-order valence-electron chi connectivity index (χ0n) is 31.5. The number of ether oxygens (including phenoxy) is 2. The van der Waals surface area contributed by atoms with E-state index in [1.807, 2.05) is 32.1 Å². The van der Waals surface area contributed by atoms with Crippen molar-refractivity contribution >= 4 is 29.9 Å². The number of hydrogen-bond acceptors (Lipinski definition) is 8. The van der Waals surface area contributed by atoms with Crippen LogP contribution >= 0.6 is 0 Å². The summed E-state index contributed by atoms with van der Waals surface area (Å²) in [6.07, 6.45) is 5.01. The van der Waals surface area contributed by atoms with Crippen LogP contribution in [0.2, 0.25) is 0 Å². The largest absolute Gasteiger partial charge is 0.444 e. The molecule has 290 valence electrons. The van der Waals surface area contributed by atoms with Gasteiger partial charge >= 0.3 is 12.2 Å². The number of nitrogens with zero attached hydrogens (tertiary/aromatic N) is 2. The highest BCUT2D eigenvalue weighted by Crippen LogP contribution is 2.45. The van der Waals surface area contributed by atoms with Crippen LogP contribution in [0.15, 0.2) is 48.6 Å². The van der Waals surface area contributed by atoms with Gasteiger partial charge in [0.25, 0.3) is 5.91 Å². The van der Waals surface area contributed by atoms with Gasteiger partial charge in [0.05, 0.1) is 13.1 Å². The van der Waals surface area contributed by atoms with Crippen LogP contribution in [-0.2, 0) is 36.9 Å². The Morgan fingerprint density at radius 3 is 2.56 bits per heavy atom. The molecule has 4 aliphatic rings. The molecular weight excluding hydrogens is 697 g/mol. The maximum Gasteiger partial charge on any atom is 0.410 e. The zero-order valence-corrected chi connectivity index (χ0v) is 31.5. The van der Waals surface area contributed by atoms with Crippen molar-refractivity contribution in [3.8, 4) is 5.75 Å². The summed E-state index contributed by atoms with van der Waals surface area (Å²) in [6.45, 7) is 9.10. The number of carbonyl (C=O) groups is 5. The second-order valence-electron chi connectivity index (χ2n) is 15.8. The lowest BCUT2D eigenvalue weighted by Crippen LogP contribution is -2.58. The molecule has 2 aromatic rings. The van der Waals surface area contributed by atoms with E-state index < -0.39 is 65.1 Å². The molecule has 14 heteroatoms. The molecule has 2 aromatic carbocycles. The van der Waals surface area contributed by atoms with Crippen molar-refractivity contribution in [1.82, 2.24) is 25.9 Å². The van der Waals surface area contributed by atoms with Gasteiger partial charge in [0.2, 0.25) is 11.8 Å². The highest BCUT2D eigenvalue weighted by Gasteiger charge is 2.61. The van der Waals surface area contributed by atoms with Gasteiger partial charge in [0.15, 0.2) is 5.75 Å². The Hall–Kier alpha value is -5.14. The highest BCUT2D eigenvalue weighted by molar-refractivity contribution is 5.98. The summed E-state index contributed by atoms with van der Waals surface area (Å²) in [5.41, 5.74) is 3.50. The number of fused-ring (bicyclic) bond motifs is 3. The van der Waals surface area contributed by atoms with Gasteiger partial charge in [-0.2, -0.15) is 5.48 Å². The Balaban J connectivity index is 1.24.